The van der Waals surface area contributed by atoms with Crippen LogP contribution in [-0.2, 0) is 0 Å². The van der Waals surface area contributed by atoms with E-state index in [-0.39, 0.29) is 0 Å². The van der Waals surface area contributed by atoms with E-state index < -0.39 is 0 Å². The fourth-order valence-electron chi connectivity index (χ4n) is 2.31. The van der Waals surface area contributed by atoms with Crippen LogP contribution in [0.15, 0.2) is 24.3 Å². The van der Waals surface area contributed by atoms with Gasteiger partial charge in [0.15, 0.2) is 0 Å². The second-order valence-corrected chi connectivity index (χ2v) is 5.48. The topological polar surface area (TPSA) is 47.0 Å². The highest BCUT2D eigenvalue weighted by molar-refractivity contribution is 5.39. The van der Waals surface area contributed by atoms with E-state index in [0.29, 0.717) is 17.7 Å². The highest BCUT2D eigenvalue weighted by atomic mass is 16.5. The Kier molecular flexibility index (Phi) is 4.78. The van der Waals surface area contributed by atoms with Crippen molar-refractivity contribution in [2.75, 3.05) is 11.9 Å². The number of aromatic nitrogens is 2. The van der Waals surface area contributed by atoms with Crippen LogP contribution in [0.2, 0.25) is 0 Å². The summed E-state index contributed by atoms with van der Waals surface area (Å²) in [5, 5.41) is 3.11. The Balaban J connectivity index is 2.23. The molecule has 1 aromatic carbocycles. The third-order valence-electron chi connectivity index (χ3n) is 3.25. The fourth-order valence-corrected chi connectivity index (χ4v) is 2.31. The second kappa shape index (κ2) is 6.57. The summed E-state index contributed by atoms with van der Waals surface area (Å²) < 4.78 is 5.87. The summed E-state index contributed by atoms with van der Waals surface area (Å²) >= 11 is 0. The molecule has 1 N–H and O–H groups in total. The van der Waals surface area contributed by atoms with Crippen LogP contribution in [0.25, 0.3) is 0 Å². The van der Waals surface area contributed by atoms with Crippen molar-refractivity contribution in [2.24, 2.45) is 0 Å². The zero-order valence-electron chi connectivity index (χ0n) is 13.4. The summed E-state index contributed by atoms with van der Waals surface area (Å²) in [5.74, 6) is 2.48. The summed E-state index contributed by atoms with van der Waals surface area (Å²) in [6.07, 6.45) is 0. The quantitative estimate of drug-likeness (QED) is 0.882. The molecule has 4 nitrogen and oxygen atoms in total. The van der Waals surface area contributed by atoms with Crippen molar-refractivity contribution in [1.82, 2.24) is 9.97 Å². The molecule has 2 aromatic rings. The van der Waals surface area contributed by atoms with Gasteiger partial charge < -0.3 is 10.1 Å². The van der Waals surface area contributed by atoms with Crippen molar-refractivity contribution >= 4 is 5.95 Å². The van der Waals surface area contributed by atoms with Gasteiger partial charge in [0, 0.05) is 18.3 Å². The Morgan fingerprint density at radius 3 is 2.52 bits per heavy atom. The Bertz CT molecular complexity index is 623. The minimum Gasteiger partial charge on any atom is -0.439 e. The lowest BCUT2D eigenvalue weighted by Gasteiger charge is -2.12. The van der Waals surface area contributed by atoms with Gasteiger partial charge in [0.2, 0.25) is 11.8 Å². The first-order chi connectivity index (χ1) is 9.99. The molecule has 0 radical (unpaired) electrons. The SMILES string of the molecule is CCNc1nc(C)cc(Oc2ccc(C(C)C)c(C)c2)n1. The monoisotopic (exact) mass is 285 g/mol. The van der Waals surface area contributed by atoms with Crippen LogP contribution in [0.5, 0.6) is 11.6 Å². The summed E-state index contributed by atoms with van der Waals surface area (Å²) in [6, 6.07) is 8.01. The molecule has 112 valence electrons. The van der Waals surface area contributed by atoms with E-state index in [1.165, 1.54) is 11.1 Å². The Labute approximate surface area is 126 Å². The van der Waals surface area contributed by atoms with E-state index >= 15 is 0 Å². The highest BCUT2D eigenvalue weighted by Crippen LogP contribution is 2.26. The molecule has 0 aliphatic rings. The third kappa shape index (κ3) is 3.94. The molecule has 21 heavy (non-hydrogen) atoms. The first kappa shape index (κ1) is 15.3. The molecule has 0 saturated carbocycles. The van der Waals surface area contributed by atoms with Crippen molar-refractivity contribution in [2.45, 2.75) is 40.5 Å². The Hall–Kier alpha value is -2.10. The standard InChI is InChI=1S/C17H23N3O/c1-6-18-17-19-13(5)10-16(20-17)21-14-7-8-15(11(2)3)12(4)9-14/h7-11H,6H2,1-5H3,(H,18,19,20). The first-order valence-corrected chi connectivity index (χ1v) is 7.37. The lowest BCUT2D eigenvalue weighted by atomic mass is 9.98. The van der Waals surface area contributed by atoms with E-state index in [1.807, 2.05) is 26.0 Å². The van der Waals surface area contributed by atoms with Crippen molar-refractivity contribution in [1.29, 1.82) is 0 Å². The maximum Gasteiger partial charge on any atom is 0.226 e. The molecule has 0 spiro atoms. The van der Waals surface area contributed by atoms with Gasteiger partial charge in [0.25, 0.3) is 0 Å². The van der Waals surface area contributed by atoms with Crippen LogP contribution in [0, 0.1) is 13.8 Å². The van der Waals surface area contributed by atoms with E-state index in [9.17, 15) is 0 Å². The Morgan fingerprint density at radius 1 is 1.14 bits per heavy atom. The zero-order chi connectivity index (χ0) is 15.4. The third-order valence-corrected chi connectivity index (χ3v) is 3.25. The smallest absolute Gasteiger partial charge is 0.226 e. The number of ether oxygens (including phenoxy) is 1. The maximum absolute atomic E-state index is 5.87. The molecule has 2 rings (SSSR count). The van der Waals surface area contributed by atoms with Crippen molar-refractivity contribution < 1.29 is 4.74 Å². The van der Waals surface area contributed by atoms with Gasteiger partial charge in [-0.3, -0.25) is 0 Å². The van der Waals surface area contributed by atoms with E-state index in [4.69, 9.17) is 4.74 Å². The van der Waals surface area contributed by atoms with Crippen LogP contribution >= 0.6 is 0 Å². The average Bonchev–Trinajstić information content (AvgIpc) is 2.37. The molecular weight excluding hydrogens is 262 g/mol. The van der Waals surface area contributed by atoms with Gasteiger partial charge >= 0.3 is 0 Å². The molecule has 0 amide bonds. The number of hydrogen-bond acceptors (Lipinski definition) is 4. The normalized spacial score (nSPS) is 10.8. The molecule has 0 saturated heterocycles. The Morgan fingerprint density at radius 2 is 1.90 bits per heavy atom. The molecule has 0 atom stereocenters. The number of nitrogens with one attached hydrogen (secondary N) is 1. The van der Waals surface area contributed by atoms with Crippen LogP contribution in [0.4, 0.5) is 5.95 Å². The molecule has 0 aliphatic carbocycles. The van der Waals surface area contributed by atoms with E-state index in [0.717, 1.165) is 18.0 Å². The summed E-state index contributed by atoms with van der Waals surface area (Å²) in [7, 11) is 0. The molecule has 4 heteroatoms. The molecular formula is C17H23N3O. The van der Waals surface area contributed by atoms with Crippen molar-refractivity contribution in [3.63, 3.8) is 0 Å². The van der Waals surface area contributed by atoms with Crippen LogP contribution in [0.3, 0.4) is 0 Å². The predicted octanol–water partition coefficient (Wildman–Crippen LogP) is 4.44. The highest BCUT2D eigenvalue weighted by Gasteiger charge is 2.07. The largest absolute Gasteiger partial charge is 0.439 e. The molecule has 0 bridgehead atoms. The molecule has 0 fully saturated rings. The van der Waals surface area contributed by atoms with Gasteiger partial charge in [-0.2, -0.15) is 4.98 Å². The van der Waals surface area contributed by atoms with Crippen molar-refractivity contribution in [3.8, 4) is 11.6 Å². The van der Waals surface area contributed by atoms with Gasteiger partial charge in [0.05, 0.1) is 0 Å². The van der Waals surface area contributed by atoms with E-state index in [2.05, 4.69) is 48.2 Å². The van der Waals surface area contributed by atoms with Crippen LogP contribution in [-0.4, -0.2) is 16.5 Å². The van der Waals surface area contributed by atoms with Crippen LogP contribution in [0.1, 0.15) is 43.5 Å². The molecule has 1 aromatic heterocycles. The average molecular weight is 285 g/mol. The minimum atomic E-state index is 0.515. The number of anilines is 1. The number of hydrogen-bond donors (Lipinski definition) is 1. The second-order valence-electron chi connectivity index (χ2n) is 5.48. The number of rotatable bonds is 5. The number of benzene rings is 1. The van der Waals surface area contributed by atoms with Gasteiger partial charge in [0.1, 0.15) is 5.75 Å². The van der Waals surface area contributed by atoms with Gasteiger partial charge in [-0.1, -0.05) is 19.9 Å². The number of aryl methyl sites for hydroxylation is 2. The summed E-state index contributed by atoms with van der Waals surface area (Å²) in [5.41, 5.74) is 3.46. The van der Waals surface area contributed by atoms with E-state index in [1.54, 1.807) is 0 Å². The lowest BCUT2D eigenvalue weighted by molar-refractivity contribution is 0.461. The molecule has 1 heterocycles. The molecule has 0 unspecified atom stereocenters. The minimum absolute atomic E-state index is 0.515. The number of nitrogens with zero attached hydrogens (tertiary/aromatic N) is 2. The molecule has 0 aliphatic heterocycles. The maximum atomic E-state index is 5.87. The predicted molar refractivity (Wildman–Crippen MR) is 86.3 cm³/mol. The van der Waals surface area contributed by atoms with Gasteiger partial charge in [-0.15, -0.1) is 0 Å². The van der Waals surface area contributed by atoms with Crippen LogP contribution < -0.4 is 10.1 Å². The first-order valence-electron chi connectivity index (χ1n) is 7.37. The van der Waals surface area contributed by atoms with Crippen molar-refractivity contribution in [3.05, 3.63) is 41.1 Å². The zero-order valence-corrected chi connectivity index (χ0v) is 13.4. The summed E-state index contributed by atoms with van der Waals surface area (Å²) in [6.45, 7) is 11.2. The van der Waals surface area contributed by atoms with Gasteiger partial charge in [-0.05, 0) is 49.9 Å². The lowest BCUT2D eigenvalue weighted by Crippen LogP contribution is -2.04. The fraction of sp³-hybridized carbons (Fsp3) is 0.412. The summed E-state index contributed by atoms with van der Waals surface area (Å²) in [4.78, 5) is 8.68. The van der Waals surface area contributed by atoms with Gasteiger partial charge in [-0.25, -0.2) is 4.98 Å².